The number of fused-ring (bicyclic) bond motifs is 1. The van der Waals surface area contributed by atoms with Crippen molar-refractivity contribution in [3.05, 3.63) is 34.2 Å². The highest BCUT2D eigenvalue weighted by atomic mass is 35.5. The Bertz CT molecular complexity index is 830. The zero-order chi connectivity index (χ0) is 16.4. The maximum Gasteiger partial charge on any atom is 0.271 e. The van der Waals surface area contributed by atoms with E-state index in [1.54, 1.807) is 22.9 Å². The molecule has 0 atom stereocenters. The standard InChI is InChI=1S/C15H13Cl2N5O/c1-2-3-4-15(20-21-15)5-6-18-14(23)12-9-22-8-10(16)7-11(17)13(22)19-12/h1,7-9H,3-6H2,(H,18,23). The van der Waals surface area contributed by atoms with E-state index in [1.165, 1.54) is 0 Å². The number of halogens is 2. The van der Waals surface area contributed by atoms with Gasteiger partial charge in [-0.2, -0.15) is 10.2 Å². The van der Waals surface area contributed by atoms with Crippen LogP contribution in [0.2, 0.25) is 10.0 Å². The highest BCUT2D eigenvalue weighted by Gasteiger charge is 2.38. The number of imidazole rings is 1. The predicted octanol–water partition coefficient (Wildman–Crippen LogP) is 3.34. The zero-order valence-corrected chi connectivity index (χ0v) is 13.6. The quantitative estimate of drug-likeness (QED) is 0.812. The highest BCUT2D eigenvalue weighted by Crippen LogP contribution is 2.36. The maximum atomic E-state index is 12.2. The lowest BCUT2D eigenvalue weighted by Gasteiger charge is -2.08. The minimum absolute atomic E-state index is 0.275. The van der Waals surface area contributed by atoms with Gasteiger partial charge in [0.1, 0.15) is 5.69 Å². The normalized spacial score (nSPS) is 14.7. The molecule has 3 heterocycles. The van der Waals surface area contributed by atoms with Crippen molar-refractivity contribution in [2.75, 3.05) is 6.54 Å². The van der Waals surface area contributed by atoms with E-state index in [2.05, 4.69) is 26.4 Å². The molecule has 3 rings (SSSR count). The van der Waals surface area contributed by atoms with E-state index in [-0.39, 0.29) is 11.6 Å². The van der Waals surface area contributed by atoms with Gasteiger partial charge >= 0.3 is 0 Å². The van der Waals surface area contributed by atoms with Crippen LogP contribution in [0.5, 0.6) is 0 Å². The molecule has 8 heteroatoms. The highest BCUT2D eigenvalue weighted by molar-refractivity contribution is 6.36. The second-order valence-corrected chi connectivity index (χ2v) is 6.10. The van der Waals surface area contributed by atoms with Crippen LogP contribution >= 0.6 is 23.2 Å². The number of hydrogen-bond acceptors (Lipinski definition) is 4. The summed E-state index contributed by atoms with van der Waals surface area (Å²) in [5.41, 5.74) is 0.352. The molecule has 0 aromatic carbocycles. The third-order valence-corrected chi connectivity index (χ3v) is 4.05. The van der Waals surface area contributed by atoms with Crippen molar-refractivity contribution < 1.29 is 4.79 Å². The van der Waals surface area contributed by atoms with Crippen LogP contribution in [0, 0.1) is 12.3 Å². The van der Waals surface area contributed by atoms with E-state index in [4.69, 9.17) is 29.6 Å². The van der Waals surface area contributed by atoms with E-state index in [0.29, 0.717) is 41.5 Å². The van der Waals surface area contributed by atoms with Crippen LogP contribution in [-0.4, -0.2) is 27.5 Å². The van der Waals surface area contributed by atoms with E-state index < -0.39 is 5.66 Å². The number of carbonyl (C=O) groups excluding carboxylic acids is 1. The van der Waals surface area contributed by atoms with Gasteiger partial charge in [0.2, 0.25) is 0 Å². The first kappa shape index (κ1) is 15.8. The Morgan fingerprint density at radius 3 is 2.83 bits per heavy atom. The molecule has 2 aromatic rings. The van der Waals surface area contributed by atoms with Gasteiger partial charge in [-0.25, -0.2) is 4.98 Å². The first-order valence-electron chi connectivity index (χ1n) is 7.02. The molecule has 0 spiro atoms. The fourth-order valence-corrected chi connectivity index (χ4v) is 2.80. The number of aromatic nitrogens is 2. The van der Waals surface area contributed by atoms with Gasteiger partial charge < -0.3 is 9.72 Å². The average Bonchev–Trinajstić information content (AvgIpc) is 3.14. The Morgan fingerprint density at radius 1 is 1.35 bits per heavy atom. The molecular formula is C15H13Cl2N5O. The predicted molar refractivity (Wildman–Crippen MR) is 87.8 cm³/mol. The molecule has 1 aliphatic heterocycles. The third-order valence-electron chi connectivity index (χ3n) is 3.57. The molecule has 0 saturated heterocycles. The first-order chi connectivity index (χ1) is 11.0. The smallest absolute Gasteiger partial charge is 0.271 e. The molecule has 1 amide bonds. The SMILES string of the molecule is C#CCCC1(CCNC(=O)c2cn3cc(Cl)cc(Cl)c3n2)N=N1. The minimum Gasteiger partial charge on any atom is -0.350 e. The summed E-state index contributed by atoms with van der Waals surface area (Å²) >= 11 is 12.0. The van der Waals surface area contributed by atoms with Crippen LogP contribution in [0.25, 0.3) is 5.65 Å². The summed E-state index contributed by atoms with van der Waals surface area (Å²) in [5, 5.41) is 11.7. The largest absolute Gasteiger partial charge is 0.350 e. The topological polar surface area (TPSA) is 71.1 Å². The number of nitrogens with zero attached hydrogens (tertiary/aromatic N) is 4. The molecule has 0 aliphatic carbocycles. The van der Waals surface area contributed by atoms with Crippen molar-refractivity contribution in [1.29, 1.82) is 0 Å². The Labute approximate surface area is 142 Å². The van der Waals surface area contributed by atoms with Gasteiger partial charge in [-0.3, -0.25) is 4.79 Å². The molecule has 0 bridgehead atoms. The molecule has 0 unspecified atom stereocenters. The Balaban J connectivity index is 1.61. The monoisotopic (exact) mass is 349 g/mol. The zero-order valence-electron chi connectivity index (χ0n) is 12.1. The summed E-state index contributed by atoms with van der Waals surface area (Å²) in [6.07, 6.45) is 10.4. The maximum absolute atomic E-state index is 12.2. The summed E-state index contributed by atoms with van der Waals surface area (Å²) in [7, 11) is 0. The Hall–Kier alpha value is -2.10. The van der Waals surface area contributed by atoms with Crippen molar-refractivity contribution in [3.63, 3.8) is 0 Å². The number of rotatable bonds is 6. The second kappa shape index (κ2) is 6.19. The number of carbonyl (C=O) groups is 1. The number of pyridine rings is 1. The van der Waals surface area contributed by atoms with Gasteiger partial charge in [-0.05, 0) is 6.07 Å². The molecular weight excluding hydrogens is 337 g/mol. The molecule has 0 radical (unpaired) electrons. The number of amides is 1. The van der Waals surface area contributed by atoms with E-state index in [9.17, 15) is 4.79 Å². The minimum atomic E-state index is -0.407. The molecule has 1 N–H and O–H groups in total. The third kappa shape index (κ3) is 3.46. The summed E-state index contributed by atoms with van der Waals surface area (Å²) in [6, 6.07) is 1.58. The van der Waals surface area contributed by atoms with E-state index in [0.717, 1.165) is 0 Å². The van der Waals surface area contributed by atoms with Crippen molar-refractivity contribution in [2.45, 2.75) is 24.9 Å². The van der Waals surface area contributed by atoms with Crippen LogP contribution in [0.1, 0.15) is 29.8 Å². The lowest BCUT2D eigenvalue weighted by atomic mass is 10.0. The molecule has 118 valence electrons. The van der Waals surface area contributed by atoms with Gasteiger partial charge in [-0.15, -0.1) is 12.3 Å². The fraction of sp³-hybridized carbons (Fsp3) is 0.333. The van der Waals surface area contributed by atoms with Crippen LogP contribution in [-0.2, 0) is 0 Å². The molecule has 0 saturated carbocycles. The Kier molecular flexibility index (Phi) is 4.24. The Morgan fingerprint density at radius 2 is 2.13 bits per heavy atom. The summed E-state index contributed by atoms with van der Waals surface area (Å²) in [4.78, 5) is 16.4. The number of nitrogens with one attached hydrogen (secondary N) is 1. The van der Waals surface area contributed by atoms with Gasteiger partial charge in [0.05, 0.1) is 10.0 Å². The number of terminal acetylenes is 1. The van der Waals surface area contributed by atoms with Crippen molar-refractivity contribution in [1.82, 2.24) is 14.7 Å². The van der Waals surface area contributed by atoms with Crippen LogP contribution < -0.4 is 5.32 Å². The van der Waals surface area contributed by atoms with Gasteiger partial charge in [0, 0.05) is 38.2 Å². The lowest BCUT2D eigenvalue weighted by Crippen LogP contribution is -2.28. The van der Waals surface area contributed by atoms with Crippen molar-refractivity contribution in [3.8, 4) is 12.3 Å². The van der Waals surface area contributed by atoms with Crippen LogP contribution in [0.3, 0.4) is 0 Å². The van der Waals surface area contributed by atoms with Gasteiger partial charge in [-0.1, -0.05) is 23.2 Å². The molecule has 0 fully saturated rings. The van der Waals surface area contributed by atoms with E-state index >= 15 is 0 Å². The molecule has 1 aliphatic rings. The van der Waals surface area contributed by atoms with Gasteiger partial charge in [0.25, 0.3) is 5.91 Å². The van der Waals surface area contributed by atoms with Crippen molar-refractivity contribution >= 4 is 34.8 Å². The lowest BCUT2D eigenvalue weighted by molar-refractivity contribution is 0.0947. The average molecular weight is 350 g/mol. The molecule has 2 aromatic heterocycles. The molecule has 6 nitrogen and oxygen atoms in total. The number of hydrogen-bond donors (Lipinski definition) is 1. The second-order valence-electron chi connectivity index (χ2n) is 5.26. The van der Waals surface area contributed by atoms with Crippen LogP contribution in [0.4, 0.5) is 0 Å². The van der Waals surface area contributed by atoms with Crippen LogP contribution in [0.15, 0.2) is 28.7 Å². The first-order valence-corrected chi connectivity index (χ1v) is 7.78. The van der Waals surface area contributed by atoms with Crippen molar-refractivity contribution in [2.24, 2.45) is 10.2 Å². The summed E-state index contributed by atoms with van der Waals surface area (Å²) in [6.45, 7) is 0.443. The summed E-state index contributed by atoms with van der Waals surface area (Å²) < 4.78 is 1.62. The molecule has 23 heavy (non-hydrogen) atoms. The van der Waals surface area contributed by atoms with E-state index in [1.807, 2.05) is 0 Å². The van der Waals surface area contributed by atoms with Gasteiger partial charge in [0.15, 0.2) is 11.3 Å². The fourth-order valence-electron chi connectivity index (χ4n) is 2.27. The summed E-state index contributed by atoms with van der Waals surface area (Å²) in [5.74, 6) is 2.29.